The number of allylic oxidation sites excluding steroid dienone is 1. The second-order valence-corrected chi connectivity index (χ2v) is 7.14. The number of hydrogen-bond acceptors (Lipinski definition) is 4. The third-order valence-corrected chi connectivity index (χ3v) is 4.74. The number of anilines is 1. The molecule has 0 fully saturated rings. The van der Waals surface area contributed by atoms with Gasteiger partial charge >= 0.3 is 0 Å². The average molecular weight is 364 g/mol. The maximum atomic E-state index is 12.5. The molecule has 1 aromatic heterocycles. The Bertz CT molecular complexity index is 829. The minimum absolute atomic E-state index is 0.143. The van der Waals surface area contributed by atoms with Gasteiger partial charge in [0.05, 0.1) is 0 Å². The molecule has 1 aliphatic carbocycles. The molecule has 1 amide bonds. The molecule has 0 aliphatic heterocycles. The highest BCUT2D eigenvalue weighted by Crippen LogP contribution is 2.19. The Morgan fingerprint density at radius 3 is 2.81 bits per heavy atom. The van der Waals surface area contributed by atoms with Gasteiger partial charge in [-0.3, -0.25) is 4.79 Å². The summed E-state index contributed by atoms with van der Waals surface area (Å²) >= 11 is 0. The summed E-state index contributed by atoms with van der Waals surface area (Å²) in [5.41, 5.74) is 4.27. The van der Waals surface area contributed by atoms with Crippen LogP contribution in [0.25, 0.3) is 0 Å². The van der Waals surface area contributed by atoms with Crippen molar-refractivity contribution in [1.29, 1.82) is 0 Å². The van der Waals surface area contributed by atoms with E-state index in [1.807, 2.05) is 13.0 Å². The van der Waals surface area contributed by atoms with Gasteiger partial charge in [0.15, 0.2) is 0 Å². The van der Waals surface area contributed by atoms with E-state index in [1.165, 1.54) is 36.0 Å². The van der Waals surface area contributed by atoms with E-state index >= 15 is 0 Å². The molecule has 1 aromatic carbocycles. The molecule has 0 bridgehead atoms. The third-order valence-electron chi connectivity index (χ3n) is 4.74. The number of benzene rings is 1. The predicted octanol–water partition coefficient (Wildman–Crippen LogP) is 4.33. The molecule has 0 saturated heterocycles. The van der Waals surface area contributed by atoms with Crippen LogP contribution in [-0.4, -0.2) is 22.4 Å². The first-order chi connectivity index (χ1) is 13.1. The highest BCUT2D eigenvalue weighted by molar-refractivity contribution is 5.92. The molecule has 0 saturated carbocycles. The van der Waals surface area contributed by atoms with Crippen molar-refractivity contribution in [3.63, 3.8) is 0 Å². The minimum atomic E-state index is -0.143. The number of aryl methyl sites for hydroxylation is 2. The van der Waals surface area contributed by atoms with Crippen LogP contribution in [0, 0.1) is 13.8 Å². The van der Waals surface area contributed by atoms with Crippen molar-refractivity contribution >= 4 is 11.7 Å². The van der Waals surface area contributed by atoms with E-state index in [4.69, 9.17) is 0 Å². The van der Waals surface area contributed by atoms with Crippen LogP contribution >= 0.6 is 0 Å². The molecule has 0 atom stereocenters. The molecule has 5 heteroatoms. The lowest BCUT2D eigenvalue weighted by Crippen LogP contribution is -2.26. The van der Waals surface area contributed by atoms with Crippen molar-refractivity contribution in [3.8, 4) is 0 Å². The fourth-order valence-electron chi connectivity index (χ4n) is 3.35. The van der Waals surface area contributed by atoms with Gasteiger partial charge in [-0.2, -0.15) is 0 Å². The molecule has 142 valence electrons. The van der Waals surface area contributed by atoms with Crippen LogP contribution in [0.5, 0.6) is 0 Å². The molecule has 0 unspecified atom stereocenters. The maximum absolute atomic E-state index is 12.5. The maximum Gasteiger partial charge on any atom is 0.270 e. The van der Waals surface area contributed by atoms with Crippen molar-refractivity contribution in [2.45, 2.75) is 52.5 Å². The first-order valence-corrected chi connectivity index (χ1v) is 9.71. The number of hydrogen-bond donors (Lipinski definition) is 2. The van der Waals surface area contributed by atoms with Crippen molar-refractivity contribution in [2.24, 2.45) is 0 Å². The molecule has 2 aromatic rings. The smallest absolute Gasteiger partial charge is 0.270 e. The van der Waals surface area contributed by atoms with Gasteiger partial charge in [-0.25, -0.2) is 9.97 Å². The van der Waals surface area contributed by atoms with E-state index in [2.05, 4.69) is 51.8 Å². The summed E-state index contributed by atoms with van der Waals surface area (Å²) in [5.74, 6) is 1.11. The zero-order chi connectivity index (χ0) is 19.1. The van der Waals surface area contributed by atoms with E-state index in [9.17, 15) is 4.79 Å². The summed E-state index contributed by atoms with van der Waals surface area (Å²) in [4.78, 5) is 21.1. The number of aromatic nitrogens is 2. The van der Waals surface area contributed by atoms with E-state index in [1.54, 1.807) is 6.07 Å². The molecule has 1 aliphatic rings. The molecular formula is C22H28N4O. The molecule has 1 heterocycles. The first kappa shape index (κ1) is 19.1. The Kier molecular flexibility index (Phi) is 6.58. The van der Waals surface area contributed by atoms with Crippen LogP contribution in [0.3, 0.4) is 0 Å². The predicted molar refractivity (Wildman–Crippen MR) is 109 cm³/mol. The highest BCUT2D eigenvalue weighted by atomic mass is 16.1. The van der Waals surface area contributed by atoms with Gasteiger partial charge in [0.2, 0.25) is 0 Å². The van der Waals surface area contributed by atoms with Gasteiger partial charge < -0.3 is 10.6 Å². The van der Waals surface area contributed by atoms with E-state index in [0.29, 0.717) is 30.4 Å². The number of nitrogens with one attached hydrogen (secondary N) is 2. The zero-order valence-electron chi connectivity index (χ0n) is 16.2. The normalized spacial score (nSPS) is 13.8. The minimum Gasteiger partial charge on any atom is -0.366 e. The van der Waals surface area contributed by atoms with E-state index in [0.717, 1.165) is 12.8 Å². The number of carbonyl (C=O) groups excluding carboxylic acids is 1. The van der Waals surface area contributed by atoms with Gasteiger partial charge in [0, 0.05) is 19.2 Å². The Morgan fingerprint density at radius 1 is 1.15 bits per heavy atom. The SMILES string of the molecule is Cc1cccc(CNc2cc(C(=O)NCCC3=CCCCC3)nc(C)n2)c1. The molecule has 2 N–H and O–H groups in total. The van der Waals surface area contributed by atoms with E-state index in [-0.39, 0.29) is 5.91 Å². The molecule has 0 spiro atoms. The van der Waals surface area contributed by atoms with Crippen LogP contribution in [0.15, 0.2) is 42.0 Å². The lowest BCUT2D eigenvalue weighted by molar-refractivity contribution is 0.0948. The van der Waals surface area contributed by atoms with Crippen LogP contribution in [0.1, 0.15) is 59.5 Å². The molecule has 5 nitrogen and oxygen atoms in total. The lowest BCUT2D eigenvalue weighted by Gasteiger charge is -2.13. The van der Waals surface area contributed by atoms with Gasteiger partial charge in [-0.1, -0.05) is 41.5 Å². The Labute approximate surface area is 161 Å². The molecular weight excluding hydrogens is 336 g/mol. The van der Waals surface area contributed by atoms with Crippen LogP contribution in [-0.2, 0) is 6.54 Å². The van der Waals surface area contributed by atoms with E-state index < -0.39 is 0 Å². The number of nitrogens with zero attached hydrogens (tertiary/aromatic N) is 2. The summed E-state index contributed by atoms with van der Waals surface area (Å²) in [6.07, 6.45) is 8.13. The van der Waals surface area contributed by atoms with Crippen LogP contribution in [0.4, 0.5) is 5.82 Å². The van der Waals surface area contributed by atoms with Crippen molar-refractivity contribution in [1.82, 2.24) is 15.3 Å². The van der Waals surface area contributed by atoms with Gasteiger partial charge in [-0.15, -0.1) is 0 Å². The zero-order valence-corrected chi connectivity index (χ0v) is 16.2. The molecule has 0 radical (unpaired) electrons. The summed E-state index contributed by atoms with van der Waals surface area (Å²) < 4.78 is 0. The fourth-order valence-corrected chi connectivity index (χ4v) is 3.35. The third kappa shape index (κ3) is 5.91. The Morgan fingerprint density at radius 2 is 2.04 bits per heavy atom. The second kappa shape index (κ2) is 9.31. The first-order valence-electron chi connectivity index (χ1n) is 9.71. The number of carbonyl (C=O) groups is 1. The number of amides is 1. The van der Waals surface area contributed by atoms with Crippen molar-refractivity contribution in [3.05, 3.63) is 64.6 Å². The fraction of sp³-hybridized carbons (Fsp3) is 0.409. The van der Waals surface area contributed by atoms with Gasteiger partial charge in [-0.05, 0) is 51.5 Å². The summed E-state index contributed by atoms with van der Waals surface area (Å²) in [7, 11) is 0. The quantitative estimate of drug-likeness (QED) is 0.718. The lowest BCUT2D eigenvalue weighted by atomic mass is 9.97. The van der Waals surface area contributed by atoms with Crippen LogP contribution < -0.4 is 10.6 Å². The summed E-state index contributed by atoms with van der Waals surface area (Å²) in [6, 6.07) is 10.0. The van der Waals surface area contributed by atoms with Crippen molar-refractivity contribution < 1.29 is 4.79 Å². The van der Waals surface area contributed by atoms with Crippen molar-refractivity contribution in [2.75, 3.05) is 11.9 Å². The van der Waals surface area contributed by atoms with Crippen LogP contribution in [0.2, 0.25) is 0 Å². The summed E-state index contributed by atoms with van der Waals surface area (Å²) in [6.45, 7) is 5.19. The molecule has 27 heavy (non-hydrogen) atoms. The van der Waals surface area contributed by atoms with Gasteiger partial charge in [0.1, 0.15) is 17.3 Å². The summed E-state index contributed by atoms with van der Waals surface area (Å²) in [5, 5.41) is 6.28. The topological polar surface area (TPSA) is 66.9 Å². The molecule has 3 rings (SSSR count). The Balaban J connectivity index is 1.56. The second-order valence-electron chi connectivity index (χ2n) is 7.14. The highest BCUT2D eigenvalue weighted by Gasteiger charge is 2.11. The average Bonchev–Trinajstić information content (AvgIpc) is 2.67. The number of rotatable bonds is 7. The largest absolute Gasteiger partial charge is 0.366 e. The Hall–Kier alpha value is -2.69. The standard InChI is InChI=1S/C22H28N4O/c1-16-7-6-10-19(13-16)15-24-21-14-20(25-17(2)26-21)22(27)23-12-11-18-8-4-3-5-9-18/h6-8,10,13-14H,3-5,9,11-12,15H2,1-2H3,(H,23,27)(H,24,25,26). The van der Waals surface area contributed by atoms with Gasteiger partial charge in [0.25, 0.3) is 5.91 Å². The monoisotopic (exact) mass is 364 g/mol.